The van der Waals surface area contributed by atoms with Gasteiger partial charge >= 0.3 is 0 Å². The highest BCUT2D eigenvalue weighted by molar-refractivity contribution is 6.04. The van der Waals surface area contributed by atoms with Crippen LogP contribution in [0.1, 0.15) is 27.2 Å². The Morgan fingerprint density at radius 3 is 2.58 bits per heavy atom. The van der Waals surface area contributed by atoms with Crippen molar-refractivity contribution in [3.63, 3.8) is 0 Å². The molecule has 0 unspecified atom stereocenters. The Morgan fingerprint density at radius 2 is 1.89 bits per heavy atom. The number of carbonyl (C=O) groups excluding carboxylic acids is 1. The van der Waals surface area contributed by atoms with Crippen LogP contribution in [0.4, 0.5) is 5.69 Å². The average Bonchev–Trinajstić information content (AvgIpc) is 2.33. The van der Waals surface area contributed by atoms with Gasteiger partial charge in [-0.3, -0.25) is 9.59 Å². The van der Waals surface area contributed by atoms with Crippen LogP contribution in [0.15, 0.2) is 35.3 Å². The van der Waals surface area contributed by atoms with Crippen LogP contribution < -0.4 is 10.7 Å². The van der Waals surface area contributed by atoms with Gasteiger partial charge in [-0.25, -0.2) is 0 Å². The van der Waals surface area contributed by atoms with Crippen molar-refractivity contribution in [2.45, 2.75) is 20.8 Å². The number of aryl methyl sites for hydroxylation is 3. The molecular weight excluding hydrogens is 240 g/mol. The minimum atomic E-state index is -0.394. The number of carbonyl (C=O) groups is 1. The number of rotatable bonds is 2. The van der Waals surface area contributed by atoms with Gasteiger partial charge in [0.1, 0.15) is 5.56 Å². The second-order valence-electron chi connectivity index (χ2n) is 4.67. The first-order chi connectivity index (χ1) is 8.97. The van der Waals surface area contributed by atoms with E-state index >= 15 is 0 Å². The Morgan fingerprint density at radius 1 is 1.16 bits per heavy atom. The molecule has 0 atom stereocenters. The molecule has 0 aliphatic heterocycles. The fraction of sp³-hybridized carbons (Fsp3) is 0.200. The van der Waals surface area contributed by atoms with Gasteiger partial charge in [-0.2, -0.15) is 0 Å². The summed E-state index contributed by atoms with van der Waals surface area (Å²) in [6.45, 7) is 5.63. The van der Waals surface area contributed by atoms with Crippen molar-refractivity contribution in [3.8, 4) is 0 Å². The van der Waals surface area contributed by atoms with Crippen LogP contribution in [0.25, 0.3) is 0 Å². The van der Waals surface area contributed by atoms with E-state index in [1.54, 1.807) is 6.92 Å². The van der Waals surface area contributed by atoms with Gasteiger partial charge in [0, 0.05) is 23.6 Å². The number of benzene rings is 1. The molecule has 4 heteroatoms. The summed E-state index contributed by atoms with van der Waals surface area (Å²) in [4.78, 5) is 26.7. The van der Waals surface area contributed by atoms with Crippen LogP contribution in [0, 0.1) is 20.8 Å². The summed E-state index contributed by atoms with van der Waals surface area (Å²) in [5.74, 6) is -0.394. The van der Waals surface area contributed by atoms with E-state index in [-0.39, 0.29) is 11.0 Å². The van der Waals surface area contributed by atoms with Crippen molar-refractivity contribution >= 4 is 11.6 Å². The van der Waals surface area contributed by atoms with Crippen LogP contribution in [0.3, 0.4) is 0 Å². The van der Waals surface area contributed by atoms with Crippen LogP contribution in [0.5, 0.6) is 0 Å². The van der Waals surface area contributed by atoms with Crippen molar-refractivity contribution in [2.24, 2.45) is 0 Å². The highest BCUT2D eigenvalue weighted by Gasteiger charge is 2.11. The molecular formula is C15H16N2O2. The lowest BCUT2D eigenvalue weighted by molar-refractivity contribution is 0.102. The van der Waals surface area contributed by atoms with E-state index in [1.807, 2.05) is 32.0 Å². The summed E-state index contributed by atoms with van der Waals surface area (Å²) in [6, 6.07) is 7.21. The standard InChI is InChI=1S/C15H16N2O2/c1-9-4-5-10(2)13(6-9)17-15(19)12-8-16-11(3)7-14(12)18/h4-8H,1-3H3,(H,16,18)(H,17,19). The van der Waals surface area contributed by atoms with Crippen molar-refractivity contribution in [2.75, 3.05) is 5.32 Å². The van der Waals surface area contributed by atoms with Crippen LogP contribution in [0.2, 0.25) is 0 Å². The number of amides is 1. The maximum absolute atomic E-state index is 12.1. The fourth-order valence-electron chi connectivity index (χ4n) is 1.81. The van der Waals surface area contributed by atoms with Gasteiger partial charge < -0.3 is 10.3 Å². The molecule has 0 bridgehead atoms. The van der Waals surface area contributed by atoms with E-state index in [0.717, 1.165) is 22.5 Å². The van der Waals surface area contributed by atoms with Gasteiger partial charge in [0.2, 0.25) is 0 Å². The first-order valence-corrected chi connectivity index (χ1v) is 6.05. The lowest BCUT2D eigenvalue weighted by Gasteiger charge is -2.09. The quantitative estimate of drug-likeness (QED) is 0.867. The summed E-state index contributed by atoms with van der Waals surface area (Å²) in [5, 5.41) is 2.77. The first-order valence-electron chi connectivity index (χ1n) is 6.05. The average molecular weight is 256 g/mol. The third-order valence-corrected chi connectivity index (χ3v) is 2.94. The molecule has 2 N–H and O–H groups in total. The summed E-state index contributed by atoms with van der Waals surface area (Å²) in [6.07, 6.45) is 1.44. The Bertz CT molecular complexity index is 687. The minimum Gasteiger partial charge on any atom is -0.364 e. The molecule has 4 nitrogen and oxygen atoms in total. The summed E-state index contributed by atoms with van der Waals surface area (Å²) >= 11 is 0. The molecule has 0 fully saturated rings. The topological polar surface area (TPSA) is 62.0 Å². The third kappa shape index (κ3) is 2.91. The van der Waals surface area contributed by atoms with Gasteiger partial charge in [-0.05, 0) is 38.0 Å². The SMILES string of the molecule is Cc1ccc(C)c(NC(=O)c2c[nH]c(C)cc2=O)c1. The van der Waals surface area contributed by atoms with Gasteiger partial charge in [0.15, 0.2) is 5.43 Å². The molecule has 1 aromatic heterocycles. The van der Waals surface area contributed by atoms with E-state index in [0.29, 0.717) is 0 Å². The molecule has 98 valence electrons. The van der Waals surface area contributed by atoms with E-state index in [1.165, 1.54) is 12.3 Å². The molecule has 2 rings (SSSR count). The number of pyridine rings is 1. The van der Waals surface area contributed by atoms with Crippen LogP contribution in [-0.4, -0.2) is 10.9 Å². The summed E-state index contributed by atoms with van der Waals surface area (Å²) < 4.78 is 0. The molecule has 0 aliphatic carbocycles. The first kappa shape index (κ1) is 13.1. The molecule has 0 saturated heterocycles. The number of H-pyrrole nitrogens is 1. The number of hydrogen-bond donors (Lipinski definition) is 2. The predicted molar refractivity (Wildman–Crippen MR) is 75.7 cm³/mol. The zero-order valence-corrected chi connectivity index (χ0v) is 11.2. The number of nitrogens with one attached hydrogen (secondary N) is 2. The minimum absolute atomic E-state index is 0.117. The zero-order chi connectivity index (χ0) is 14.0. The molecule has 2 aromatic rings. The van der Waals surface area contributed by atoms with E-state index in [4.69, 9.17) is 0 Å². The number of aromatic amines is 1. The monoisotopic (exact) mass is 256 g/mol. The largest absolute Gasteiger partial charge is 0.364 e. The normalized spacial score (nSPS) is 10.3. The number of anilines is 1. The van der Waals surface area contributed by atoms with Crippen molar-refractivity contribution in [1.29, 1.82) is 0 Å². The second kappa shape index (κ2) is 5.10. The number of aromatic nitrogens is 1. The summed E-state index contributed by atoms with van der Waals surface area (Å²) in [5.41, 5.74) is 3.31. The zero-order valence-electron chi connectivity index (χ0n) is 11.2. The third-order valence-electron chi connectivity index (χ3n) is 2.94. The summed E-state index contributed by atoms with van der Waals surface area (Å²) in [7, 11) is 0. The lowest BCUT2D eigenvalue weighted by Crippen LogP contribution is -2.22. The number of hydrogen-bond acceptors (Lipinski definition) is 2. The molecule has 0 spiro atoms. The highest BCUT2D eigenvalue weighted by Crippen LogP contribution is 2.16. The van der Waals surface area contributed by atoms with Crippen molar-refractivity contribution < 1.29 is 4.79 Å². The van der Waals surface area contributed by atoms with E-state index in [9.17, 15) is 9.59 Å². The van der Waals surface area contributed by atoms with Gasteiger partial charge in [0.25, 0.3) is 5.91 Å². The smallest absolute Gasteiger partial charge is 0.261 e. The van der Waals surface area contributed by atoms with Crippen LogP contribution >= 0.6 is 0 Å². The predicted octanol–water partition coefficient (Wildman–Crippen LogP) is 2.55. The van der Waals surface area contributed by atoms with E-state index in [2.05, 4.69) is 10.3 Å². The molecule has 1 aromatic carbocycles. The molecule has 1 amide bonds. The Kier molecular flexibility index (Phi) is 3.51. The van der Waals surface area contributed by atoms with Gasteiger partial charge in [-0.1, -0.05) is 12.1 Å². The Hall–Kier alpha value is -2.36. The van der Waals surface area contributed by atoms with Crippen LogP contribution in [-0.2, 0) is 0 Å². The van der Waals surface area contributed by atoms with Crippen molar-refractivity contribution in [1.82, 2.24) is 4.98 Å². The fourth-order valence-corrected chi connectivity index (χ4v) is 1.81. The van der Waals surface area contributed by atoms with Crippen molar-refractivity contribution in [3.05, 3.63) is 63.1 Å². The molecule has 19 heavy (non-hydrogen) atoms. The lowest BCUT2D eigenvalue weighted by atomic mass is 10.1. The highest BCUT2D eigenvalue weighted by atomic mass is 16.2. The maximum atomic E-state index is 12.1. The second-order valence-corrected chi connectivity index (χ2v) is 4.67. The molecule has 0 radical (unpaired) electrons. The van der Waals surface area contributed by atoms with E-state index < -0.39 is 5.91 Å². The molecule has 0 saturated carbocycles. The maximum Gasteiger partial charge on any atom is 0.261 e. The molecule has 1 heterocycles. The van der Waals surface area contributed by atoms with Gasteiger partial charge in [0.05, 0.1) is 0 Å². The Labute approximate surface area is 111 Å². The Balaban J connectivity index is 2.31. The molecule has 0 aliphatic rings. The van der Waals surface area contributed by atoms with Gasteiger partial charge in [-0.15, -0.1) is 0 Å².